The molecule has 3 N–H and O–H groups in total. The Kier molecular flexibility index (Phi) is 9.99. The van der Waals surface area contributed by atoms with E-state index < -0.39 is 0 Å². The van der Waals surface area contributed by atoms with Crippen molar-refractivity contribution in [3.05, 3.63) is 65.5 Å². The number of piperazine rings is 1. The van der Waals surface area contributed by atoms with Crippen LogP contribution in [0, 0.1) is 11.7 Å². The topological polar surface area (TPSA) is 90.5 Å². The molecule has 2 fully saturated rings. The smallest absolute Gasteiger partial charge is 0.319 e. The minimum Gasteiger partial charge on any atom is -0.340 e. The maximum absolute atomic E-state index is 12.7. The van der Waals surface area contributed by atoms with Crippen LogP contribution in [0.25, 0.3) is 0 Å². The number of hydrogen-bond acceptors (Lipinski definition) is 4. The highest BCUT2D eigenvalue weighted by Crippen LogP contribution is 2.23. The Morgan fingerprint density at radius 2 is 1.83 bits per heavy atom. The van der Waals surface area contributed by atoms with Crippen LogP contribution in [0.1, 0.15) is 55.5 Å². The van der Waals surface area contributed by atoms with Crippen LogP contribution in [0.4, 0.5) is 14.9 Å². The van der Waals surface area contributed by atoms with Crippen LogP contribution in [-0.4, -0.2) is 54.8 Å². The number of halogens is 1. The van der Waals surface area contributed by atoms with E-state index in [2.05, 4.69) is 22.9 Å². The maximum Gasteiger partial charge on any atom is 0.319 e. The summed E-state index contributed by atoms with van der Waals surface area (Å²) in [6.07, 6.45) is 5.40. The number of amides is 3. The molecule has 3 unspecified atom stereocenters. The van der Waals surface area contributed by atoms with Crippen LogP contribution in [0.15, 0.2) is 48.5 Å². The molecule has 1 saturated heterocycles. The third-order valence-electron chi connectivity index (χ3n) is 6.94. The first-order chi connectivity index (χ1) is 17.2. The highest BCUT2D eigenvalue weighted by atomic mass is 19.1. The fourth-order valence-electron chi connectivity index (χ4n) is 4.59. The number of anilines is 1. The largest absolute Gasteiger partial charge is 0.340 e. The number of ketones is 1. The van der Waals surface area contributed by atoms with E-state index in [1.807, 2.05) is 7.05 Å². The van der Waals surface area contributed by atoms with E-state index >= 15 is 0 Å². The predicted octanol–water partition coefficient (Wildman–Crippen LogP) is 4.39. The number of likely N-dealkylation sites (N-methyl/N-ethyl adjacent to an activating group) is 1. The highest BCUT2D eigenvalue weighted by molar-refractivity contribution is 5.96. The van der Waals surface area contributed by atoms with Crippen LogP contribution in [0.2, 0.25) is 0 Å². The molecular weight excluding hydrogens is 459 g/mol. The third kappa shape index (κ3) is 8.16. The number of benzene rings is 2. The van der Waals surface area contributed by atoms with Gasteiger partial charge < -0.3 is 20.9 Å². The summed E-state index contributed by atoms with van der Waals surface area (Å²) in [6.45, 7) is 4.90. The van der Waals surface area contributed by atoms with E-state index in [1.165, 1.54) is 38.3 Å². The van der Waals surface area contributed by atoms with Crippen molar-refractivity contribution in [1.82, 2.24) is 15.5 Å². The van der Waals surface area contributed by atoms with Gasteiger partial charge in [-0.15, -0.1) is 0 Å². The van der Waals surface area contributed by atoms with Crippen molar-refractivity contribution in [3.8, 4) is 0 Å². The van der Waals surface area contributed by atoms with Gasteiger partial charge in [-0.25, -0.2) is 9.18 Å². The standard InChI is InChI=1S/C16H22N2O2.C12H15FN2O/c1-11-6-3-4-9-15(11)18-16(20)17-14-8-5-7-13(10-14)12(2)19;1-15-11(7-14-8-12(15)16)6-9-2-4-10(13)5-3-9/h5,7-8,10-11,15H,3-4,6,9H2,1-2H3,(H2,17,18,20);2-5,11,14H,6-8H2,1H3. The molecule has 1 saturated carbocycles. The molecule has 3 atom stereocenters. The van der Waals surface area contributed by atoms with Crippen LogP contribution >= 0.6 is 0 Å². The average molecular weight is 497 g/mol. The fraction of sp³-hybridized carbons (Fsp3) is 0.464. The Hall–Kier alpha value is -3.26. The van der Waals surface area contributed by atoms with Crippen LogP contribution < -0.4 is 16.0 Å². The van der Waals surface area contributed by atoms with Gasteiger partial charge in [0.1, 0.15) is 5.82 Å². The molecule has 1 aliphatic heterocycles. The molecule has 2 aliphatic rings. The molecule has 1 heterocycles. The normalized spacial score (nSPS) is 21.7. The molecule has 3 amide bonds. The van der Waals surface area contributed by atoms with Crippen LogP contribution in [0.3, 0.4) is 0 Å². The molecule has 0 radical (unpaired) electrons. The van der Waals surface area contributed by atoms with Crippen molar-refractivity contribution in [1.29, 1.82) is 0 Å². The Morgan fingerprint density at radius 3 is 2.53 bits per heavy atom. The molecule has 2 aromatic carbocycles. The van der Waals surface area contributed by atoms with E-state index in [9.17, 15) is 18.8 Å². The molecule has 4 rings (SSSR count). The number of Topliss-reactive ketones (excluding diaryl/α,β-unsaturated/α-hetero) is 1. The van der Waals surface area contributed by atoms with Gasteiger partial charge in [0, 0.05) is 36.9 Å². The summed E-state index contributed by atoms with van der Waals surface area (Å²) in [5, 5.41) is 8.91. The Balaban J connectivity index is 0.000000205. The zero-order valence-electron chi connectivity index (χ0n) is 21.4. The maximum atomic E-state index is 12.7. The summed E-state index contributed by atoms with van der Waals surface area (Å²) in [5.74, 6) is 0.404. The number of nitrogens with one attached hydrogen (secondary N) is 3. The van der Waals surface area contributed by atoms with Crippen LogP contribution in [0.5, 0.6) is 0 Å². The van der Waals surface area contributed by atoms with Crippen LogP contribution in [-0.2, 0) is 11.2 Å². The Morgan fingerprint density at radius 1 is 1.11 bits per heavy atom. The molecule has 0 bridgehead atoms. The van der Waals surface area contributed by atoms with Gasteiger partial charge in [-0.05, 0) is 61.9 Å². The van der Waals surface area contributed by atoms with E-state index in [1.54, 1.807) is 41.3 Å². The monoisotopic (exact) mass is 496 g/mol. The van der Waals surface area contributed by atoms with Crippen molar-refractivity contribution >= 4 is 23.4 Å². The van der Waals surface area contributed by atoms with Crippen molar-refractivity contribution in [2.75, 3.05) is 25.5 Å². The van der Waals surface area contributed by atoms with Gasteiger partial charge in [0.05, 0.1) is 6.54 Å². The fourth-order valence-corrected chi connectivity index (χ4v) is 4.59. The minimum absolute atomic E-state index is 0.00467. The third-order valence-corrected chi connectivity index (χ3v) is 6.94. The van der Waals surface area contributed by atoms with Gasteiger partial charge in [-0.3, -0.25) is 9.59 Å². The molecule has 0 spiro atoms. The average Bonchev–Trinajstić information content (AvgIpc) is 2.85. The molecular formula is C28H37FN4O3. The summed E-state index contributed by atoms with van der Waals surface area (Å²) in [6, 6.07) is 13.7. The van der Waals surface area contributed by atoms with Gasteiger partial charge in [0.2, 0.25) is 5.91 Å². The summed E-state index contributed by atoms with van der Waals surface area (Å²) >= 11 is 0. The zero-order chi connectivity index (χ0) is 26.1. The number of nitrogens with zero attached hydrogens (tertiary/aromatic N) is 1. The Bertz CT molecular complexity index is 1040. The highest BCUT2D eigenvalue weighted by Gasteiger charge is 2.24. The summed E-state index contributed by atoms with van der Waals surface area (Å²) in [7, 11) is 1.82. The first-order valence-electron chi connectivity index (χ1n) is 12.6. The van der Waals surface area contributed by atoms with Crippen molar-refractivity contribution < 1.29 is 18.8 Å². The second-order valence-corrected chi connectivity index (χ2v) is 9.72. The number of hydrogen-bond donors (Lipinski definition) is 3. The number of rotatable bonds is 5. The lowest BCUT2D eigenvalue weighted by molar-refractivity contribution is -0.133. The van der Waals surface area contributed by atoms with Crippen molar-refractivity contribution in [3.63, 3.8) is 0 Å². The molecule has 2 aromatic rings. The molecule has 1 aliphatic carbocycles. The molecule has 8 heteroatoms. The minimum atomic E-state index is -0.227. The molecule has 7 nitrogen and oxygen atoms in total. The van der Waals surface area contributed by atoms with Gasteiger partial charge >= 0.3 is 6.03 Å². The first-order valence-corrected chi connectivity index (χ1v) is 12.6. The lowest BCUT2D eigenvalue weighted by Gasteiger charge is -2.33. The SMILES string of the molecule is CC(=O)c1cccc(NC(=O)NC2CCCCC2C)c1.CN1C(=O)CNCC1Cc1ccc(F)cc1. The van der Waals surface area contributed by atoms with Gasteiger partial charge in [0.15, 0.2) is 5.78 Å². The van der Waals surface area contributed by atoms with Gasteiger partial charge in [0.25, 0.3) is 0 Å². The second kappa shape index (κ2) is 13.2. The lowest BCUT2D eigenvalue weighted by atomic mass is 9.86. The van der Waals surface area contributed by atoms with E-state index in [-0.39, 0.29) is 35.6 Å². The molecule has 0 aromatic heterocycles. The quantitative estimate of drug-likeness (QED) is 0.536. The lowest BCUT2D eigenvalue weighted by Crippen LogP contribution is -2.53. The summed E-state index contributed by atoms with van der Waals surface area (Å²) in [4.78, 5) is 36.5. The zero-order valence-corrected chi connectivity index (χ0v) is 21.4. The first kappa shape index (κ1) is 27.3. The van der Waals surface area contributed by atoms with Gasteiger partial charge in [-0.1, -0.05) is 44.0 Å². The number of carbonyl (C=O) groups is 3. The predicted molar refractivity (Wildman–Crippen MR) is 140 cm³/mol. The van der Waals surface area contributed by atoms with Crippen molar-refractivity contribution in [2.24, 2.45) is 5.92 Å². The second-order valence-electron chi connectivity index (χ2n) is 9.72. The number of carbonyl (C=O) groups excluding carboxylic acids is 3. The summed E-state index contributed by atoms with van der Waals surface area (Å²) in [5.41, 5.74) is 2.31. The molecule has 36 heavy (non-hydrogen) atoms. The van der Waals surface area contributed by atoms with Gasteiger partial charge in [-0.2, -0.15) is 0 Å². The number of urea groups is 1. The van der Waals surface area contributed by atoms with E-state index in [0.717, 1.165) is 24.9 Å². The summed E-state index contributed by atoms with van der Waals surface area (Å²) < 4.78 is 12.7. The van der Waals surface area contributed by atoms with E-state index in [4.69, 9.17) is 0 Å². The van der Waals surface area contributed by atoms with Crippen molar-refractivity contribution in [2.45, 2.75) is 58.0 Å². The Labute approximate surface area is 212 Å². The molecule has 194 valence electrons. The van der Waals surface area contributed by atoms with E-state index in [0.29, 0.717) is 23.7 Å².